The van der Waals surface area contributed by atoms with E-state index in [2.05, 4.69) is 20.8 Å². The van der Waals surface area contributed by atoms with E-state index in [0.29, 0.717) is 25.0 Å². The van der Waals surface area contributed by atoms with Crippen LogP contribution >= 0.6 is 0 Å². The molecular formula is C17H21FN4O2. The monoisotopic (exact) mass is 332 g/mol. The van der Waals surface area contributed by atoms with Gasteiger partial charge in [-0.15, -0.1) is 0 Å². The van der Waals surface area contributed by atoms with E-state index in [1.54, 1.807) is 12.1 Å². The van der Waals surface area contributed by atoms with E-state index in [1.165, 1.54) is 6.07 Å². The Morgan fingerprint density at radius 3 is 3.12 bits per heavy atom. The number of hydrogen-bond acceptors (Lipinski definition) is 3. The van der Waals surface area contributed by atoms with Gasteiger partial charge in [-0.1, -0.05) is 12.1 Å². The molecule has 2 amide bonds. The van der Waals surface area contributed by atoms with Crippen LogP contribution in [0, 0.1) is 12.7 Å². The van der Waals surface area contributed by atoms with Gasteiger partial charge in [0.05, 0.1) is 18.3 Å². The molecule has 128 valence electrons. The van der Waals surface area contributed by atoms with Gasteiger partial charge in [-0.2, -0.15) is 5.10 Å². The first-order valence-electron chi connectivity index (χ1n) is 8.02. The second kappa shape index (κ2) is 6.90. The van der Waals surface area contributed by atoms with E-state index >= 15 is 0 Å². The number of para-hydroxylation sites is 1. The number of rotatable bonds is 4. The van der Waals surface area contributed by atoms with E-state index in [9.17, 15) is 9.18 Å². The number of carbonyl (C=O) groups excluding carboxylic acids is 1. The summed E-state index contributed by atoms with van der Waals surface area (Å²) in [6, 6.07) is 6.10. The number of fused-ring (bicyclic) bond motifs is 1. The third kappa shape index (κ3) is 3.67. The number of hydrogen-bond donors (Lipinski definition) is 3. The summed E-state index contributed by atoms with van der Waals surface area (Å²) in [5.41, 5.74) is 2.56. The topological polar surface area (TPSA) is 79.0 Å². The smallest absolute Gasteiger partial charge is 0.315 e. The summed E-state index contributed by atoms with van der Waals surface area (Å²) in [6.45, 7) is 4.23. The van der Waals surface area contributed by atoms with Gasteiger partial charge in [-0.25, -0.2) is 9.18 Å². The number of ether oxygens (including phenoxy) is 1. The van der Waals surface area contributed by atoms with Gasteiger partial charge in [0, 0.05) is 30.1 Å². The van der Waals surface area contributed by atoms with Crippen molar-refractivity contribution >= 4 is 6.03 Å². The van der Waals surface area contributed by atoms with Crippen LogP contribution in [-0.2, 0) is 6.42 Å². The average molecular weight is 332 g/mol. The van der Waals surface area contributed by atoms with Crippen LogP contribution in [0.3, 0.4) is 0 Å². The van der Waals surface area contributed by atoms with Crippen LogP contribution in [0.15, 0.2) is 24.3 Å². The Morgan fingerprint density at radius 2 is 2.38 bits per heavy atom. The molecule has 0 fully saturated rings. The number of aromatic amines is 1. The van der Waals surface area contributed by atoms with Crippen molar-refractivity contribution in [2.75, 3.05) is 6.61 Å². The van der Waals surface area contributed by atoms with Crippen LogP contribution in [0.5, 0.6) is 5.75 Å². The van der Waals surface area contributed by atoms with Gasteiger partial charge >= 0.3 is 6.03 Å². The molecule has 7 heteroatoms. The Hall–Kier alpha value is -2.57. The lowest BCUT2D eigenvalue weighted by Gasteiger charge is -2.27. The normalized spacial score (nSPS) is 17.5. The number of nitrogens with one attached hydrogen (secondary N) is 3. The fraction of sp³-hybridized carbons (Fsp3) is 0.412. The average Bonchev–Trinajstić information content (AvgIpc) is 2.93. The molecular weight excluding hydrogens is 311 g/mol. The number of H-pyrrole nitrogens is 1. The molecule has 24 heavy (non-hydrogen) atoms. The lowest BCUT2D eigenvalue weighted by atomic mass is 10.0. The third-order valence-electron chi connectivity index (χ3n) is 3.98. The van der Waals surface area contributed by atoms with E-state index in [4.69, 9.17) is 4.74 Å². The van der Waals surface area contributed by atoms with Gasteiger partial charge in [0.1, 0.15) is 0 Å². The number of aromatic nitrogens is 2. The number of benzene rings is 1. The van der Waals surface area contributed by atoms with Crippen LogP contribution in [0.25, 0.3) is 0 Å². The maximum absolute atomic E-state index is 13.8. The Kier molecular flexibility index (Phi) is 4.69. The van der Waals surface area contributed by atoms with Crippen molar-refractivity contribution in [1.82, 2.24) is 20.8 Å². The molecule has 1 aliphatic rings. The number of halogens is 1. The number of nitrogens with zero attached hydrogens (tertiary/aromatic N) is 1. The molecule has 0 saturated carbocycles. The van der Waals surface area contributed by atoms with Gasteiger partial charge in [-0.05, 0) is 26.0 Å². The van der Waals surface area contributed by atoms with Gasteiger partial charge in [0.2, 0.25) is 0 Å². The van der Waals surface area contributed by atoms with E-state index in [1.807, 2.05) is 19.9 Å². The highest BCUT2D eigenvalue weighted by Gasteiger charge is 2.25. The minimum atomic E-state index is -0.401. The van der Waals surface area contributed by atoms with Crippen molar-refractivity contribution in [2.45, 2.75) is 38.8 Å². The van der Waals surface area contributed by atoms with Crippen molar-refractivity contribution < 1.29 is 13.9 Å². The van der Waals surface area contributed by atoms with Crippen molar-refractivity contribution in [3.63, 3.8) is 0 Å². The molecule has 0 spiro atoms. The zero-order valence-electron chi connectivity index (χ0n) is 13.7. The fourth-order valence-electron chi connectivity index (χ4n) is 2.90. The molecule has 2 atom stereocenters. The minimum absolute atomic E-state index is 0.0699. The molecule has 2 heterocycles. The first-order chi connectivity index (χ1) is 11.5. The minimum Gasteiger partial charge on any atom is -0.490 e. The zero-order valence-corrected chi connectivity index (χ0v) is 13.7. The van der Waals surface area contributed by atoms with Crippen LogP contribution in [0.4, 0.5) is 9.18 Å². The summed E-state index contributed by atoms with van der Waals surface area (Å²) in [5, 5.41) is 12.8. The van der Waals surface area contributed by atoms with Gasteiger partial charge in [0.25, 0.3) is 0 Å². The SMILES string of the molecule is Cc1cc(CC(C)NC(=O)N[C@H]2CCOc3c(F)cccc32)n[nH]1. The number of carbonyl (C=O) groups is 1. The molecule has 2 aromatic rings. The largest absolute Gasteiger partial charge is 0.490 e. The van der Waals surface area contributed by atoms with Crippen molar-refractivity contribution in [2.24, 2.45) is 0 Å². The first-order valence-corrected chi connectivity index (χ1v) is 8.02. The molecule has 1 aliphatic heterocycles. The summed E-state index contributed by atoms with van der Waals surface area (Å²) in [5.74, 6) is -0.171. The predicted molar refractivity (Wildman–Crippen MR) is 87.4 cm³/mol. The molecule has 0 saturated heterocycles. The van der Waals surface area contributed by atoms with Crippen molar-refractivity contribution in [3.8, 4) is 5.75 Å². The van der Waals surface area contributed by atoms with E-state index < -0.39 is 5.82 Å². The van der Waals surface area contributed by atoms with Crippen LogP contribution in [-0.4, -0.2) is 28.9 Å². The molecule has 1 unspecified atom stereocenters. The van der Waals surface area contributed by atoms with E-state index in [-0.39, 0.29) is 23.9 Å². The van der Waals surface area contributed by atoms with Gasteiger partial charge in [0.15, 0.2) is 11.6 Å². The van der Waals surface area contributed by atoms with Crippen LogP contribution < -0.4 is 15.4 Å². The highest BCUT2D eigenvalue weighted by atomic mass is 19.1. The molecule has 1 aromatic carbocycles. The Balaban J connectivity index is 1.59. The maximum Gasteiger partial charge on any atom is 0.315 e. The van der Waals surface area contributed by atoms with Crippen LogP contribution in [0.2, 0.25) is 0 Å². The second-order valence-corrected chi connectivity index (χ2v) is 6.11. The second-order valence-electron chi connectivity index (χ2n) is 6.11. The molecule has 3 rings (SSSR count). The molecule has 0 aliphatic carbocycles. The summed E-state index contributed by atoms with van der Waals surface area (Å²) in [6.07, 6.45) is 1.24. The van der Waals surface area contributed by atoms with Crippen LogP contribution in [0.1, 0.15) is 36.3 Å². The quantitative estimate of drug-likeness (QED) is 0.805. The zero-order chi connectivity index (χ0) is 17.1. The van der Waals surface area contributed by atoms with E-state index in [0.717, 1.165) is 11.4 Å². The molecule has 6 nitrogen and oxygen atoms in total. The third-order valence-corrected chi connectivity index (χ3v) is 3.98. The summed E-state index contributed by atoms with van der Waals surface area (Å²) < 4.78 is 19.1. The van der Waals surface area contributed by atoms with Crippen molar-refractivity contribution in [1.29, 1.82) is 0 Å². The number of amides is 2. The Labute approximate surface area is 139 Å². The number of urea groups is 1. The Morgan fingerprint density at radius 1 is 1.54 bits per heavy atom. The van der Waals surface area contributed by atoms with Gasteiger partial charge < -0.3 is 15.4 Å². The van der Waals surface area contributed by atoms with Crippen molar-refractivity contribution in [3.05, 3.63) is 47.0 Å². The summed E-state index contributed by atoms with van der Waals surface area (Å²) in [4.78, 5) is 12.2. The van der Waals surface area contributed by atoms with Gasteiger partial charge in [-0.3, -0.25) is 5.10 Å². The first kappa shape index (κ1) is 16.3. The number of aryl methyl sites for hydroxylation is 1. The maximum atomic E-state index is 13.8. The lowest BCUT2D eigenvalue weighted by Crippen LogP contribution is -2.44. The highest BCUT2D eigenvalue weighted by molar-refractivity contribution is 5.75. The summed E-state index contributed by atoms with van der Waals surface area (Å²) >= 11 is 0. The molecule has 1 aromatic heterocycles. The highest BCUT2D eigenvalue weighted by Crippen LogP contribution is 2.33. The predicted octanol–water partition coefficient (Wildman–Crippen LogP) is 2.61. The lowest BCUT2D eigenvalue weighted by molar-refractivity contribution is 0.217. The standard InChI is InChI=1S/C17H21FN4O2/c1-10(8-12-9-11(2)21-22-12)19-17(23)20-15-6-7-24-16-13(15)4-3-5-14(16)18/h3-5,9-10,15H,6-8H2,1-2H3,(H,21,22)(H2,19,20,23)/t10?,15-/m0/s1. The fourth-order valence-corrected chi connectivity index (χ4v) is 2.90. The molecule has 0 bridgehead atoms. The summed E-state index contributed by atoms with van der Waals surface area (Å²) in [7, 11) is 0. The Bertz CT molecular complexity index is 731. The molecule has 3 N–H and O–H groups in total. The molecule has 0 radical (unpaired) electrons.